The highest BCUT2D eigenvalue weighted by Crippen LogP contribution is 2.40. The second-order valence-corrected chi connectivity index (χ2v) is 7.99. The van der Waals surface area contributed by atoms with Crippen LogP contribution in [0, 0.1) is 6.92 Å². The van der Waals surface area contributed by atoms with Crippen LogP contribution >= 0.6 is 0 Å². The molecule has 0 saturated carbocycles. The van der Waals surface area contributed by atoms with Gasteiger partial charge in [0.1, 0.15) is 11.6 Å². The summed E-state index contributed by atoms with van der Waals surface area (Å²) in [5, 5.41) is 16.0. The van der Waals surface area contributed by atoms with E-state index < -0.39 is 0 Å². The number of hydrogen-bond acceptors (Lipinski definition) is 6. The summed E-state index contributed by atoms with van der Waals surface area (Å²) in [7, 11) is 0. The van der Waals surface area contributed by atoms with E-state index >= 15 is 0 Å². The smallest absolute Gasteiger partial charge is 0.272 e. The molecule has 1 atom stereocenters. The third kappa shape index (κ3) is 4.07. The van der Waals surface area contributed by atoms with E-state index in [2.05, 4.69) is 32.5 Å². The number of carbonyl (C=O) groups is 1. The van der Waals surface area contributed by atoms with Gasteiger partial charge < -0.3 is 10.1 Å². The molecular formula is C25H24N6O2. The first-order valence-corrected chi connectivity index (χ1v) is 11.0. The van der Waals surface area contributed by atoms with Gasteiger partial charge in [-0.3, -0.25) is 4.79 Å². The Balaban J connectivity index is 1.53. The Morgan fingerprint density at radius 2 is 1.91 bits per heavy atom. The van der Waals surface area contributed by atoms with Crippen LogP contribution in [-0.4, -0.2) is 37.5 Å². The first-order chi connectivity index (χ1) is 16.1. The summed E-state index contributed by atoms with van der Waals surface area (Å²) >= 11 is 0. The molecular weight excluding hydrogens is 416 g/mol. The second kappa shape index (κ2) is 8.82. The number of nitrogens with one attached hydrogen (secondary N) is 1. The minimum Gasteiger partial charge on any atom is -0.494 e. The van der Waals surface area contributed by atoms with Crippen LogP contribution < -0.4 is 10.1 Å². The van der Waals surface area contributed by atoms with Crippen molar-refractivity contribution in [1.82, 2.24) is 25.0 Å². The Bertz CT molecular complexity index is 1280. The molecule has 33 heavy (non-hydrogen) atoms. The number of hydrogen-bond donors (Lipinski definition) is 1. The van der Waals surface area contributed by atoms with E-state index in [1.165, 1.54) is 0 Å². The van der Waals surface area contributed by atoms with Crippen molar-refractivity contribution in [3.05, 3.63) is 77.6 Å². The lowest BCUT2D eigenvalue weighted by atomic mass is 9.86. The van der Waals surface area contributed by atoms with Gasteiger partial charge in [0.25, 0.3) is 5.95 Å². The van der Waals surface area contributed by atoms with Crippen molar-refractivity contribution in [2.75, 3.05) is 11.9 Å². The fraction of sp³-hybridized carbons (Fsp3) is 0.240. The van der Waals surface area contributed by atoms with Crippen LogP contribution in [0.5, 0.6) is 5.75 Å². The number of aryl methyl sites for hydroxylation is 1. The molecule has 0 saturated heterocycles. The molecule has 1 aliphatic heterocycles. The van der Waals surface area contributed by atoms with Crippen LogP contribution in [0.25, 0.3) is 17.2 Å². The molecule has 8 heteroatoms. The Hall–Kier alpha value is -4.07. The van der Waals surface area contributed by atoms with Crippen molar-refractivity contribution >= 4 is 11.7 Å². The quantitative estimate of drug-likeness (QED) is 0.480. The van der Waals surface area contributed by atoms with Gasteiger partial charge in [0.2, 0.25) is 5.91 Å². The Morgan fingerprint density at radius 1 is 1.12 bits per heavy atom. The summed E-state index contributed by atoms with van der Waals surface area (Å²) in [6, 6.07) is 17.7. The third-order valence-electron chi connectivity index (χ3n) is 5.66. The van der Waals surface area contributed by atoms with E-state index in [-0.39, 0.29) is 11.8 Å². The summed E-state index contributed by atoms with van der Waals surface area (Å²) in [5.74, 6) is 1.53. The number of anilines is 1. The highest BCUT2D eigenvalue weighted by atomic mass is 16.5. The summed E-state index contributed by atoms with van der Waals surface area (Å²) < 4.78 is 7.28. The Labute approximate surface area is 191 Å². The average Bonchev–Trinajstić information content (AvgIpc) is 3.19. The van der Waals surface area contributed by atoms with E-state index in [1.54, 1.807) is 10.9 Å². The zero-order valence-electron chi connectivity index (χ0n) is 18.5. The van der Waals surface area contributed by atoms with Crippen LogP contribution in [0.15, 0.2) is 60.8 Å². The second-order valence-electron chi connectivity index (χ2n) is 7.99. The molecule has 3 heterocycles. The van der Waals surface area contributed by atoms with Gasteiger partial charge in [0.15, 0.2) is 0 Å². The van der Waals surface area contributed by atoms with Crippen molar-refractivity contribution in [2.45, 2.75) is 32.6 Å². The number of carbonyl (C=O) groups excluding carboxylic acids is 1. The summed E-state index contributed by atoms with van der Waals surface area (Å²) in [4.78, 5) is 17.3. The Kier molecular flexibility index (Phi) is 5.56. The van der Waals surface area contributed by atoms with Gasteiger partial charge >= 0.3 is 0 Å². The third-order valence-corrected chi connectivity index (χ3v) is 5.66. The van der Waals surface area contributed by atoms with Gasteiger partial charge in [-0.1, -0.05) is 49.4 Å². The zero-order chi connectivity index (χ0) is 22.8. The van der Waals surface area contributed by atoms with E-state index in [0.717, 1.165) is 34.6 Å². The molecule has 0 spiro atoms. The molecule has 4 aromatic rings. The number of benzene rings is 2. The number of rotatable bonds is 6. The number of amides is 1. The molecule has 8 nitrogen and oxygen atoms in total. The highest BCUT2D eigenvalue weighted by Gasteiger charge is 2.33. The number of nitrogens with zero attached hydrogens (tertiary/aromatic N) is 5. The van der Waals surface area contributed by atoms with E-state index in [0.29, 0.717) is 30.5 Å². The number of aromatic nitrogens is 5. The average molecular weight is 441 g/mol. The van der Waals surface area contributed by atoms with Crippen molar-refractivity contribution in [3.8, 4) is 23.0 Å². The predicted octanol–water partition coefficient (Wildman–Crippen LogP) is 4.30. The number of fused-ring (bicyclic) bond motifs is 1. The zero-order valence-corrected chi connectivity index (χ0v) is 18.5. The summed E-state index contributed by atoms with van der Waals surface area (Å²) in [6.07, 6.45) is 2.91. The van der Waals surface area contributed by atoms with Crippen molar-refractivity contribution < 1.29 is 9.53 Å². The van der Waals surface area contributed by atoms with Gasteiger partial charge in [-0.05, 0) is 31.0 Å². The molecule has 2 aromatic heterocycles. The fourth-order valence-electron chi connectivity index (χ4n) is 4.12. The van der Waals surface area contributed by atoms with Crippen LogP contribution in [0.1, 0.15) is 42.5 Å². The van der Waals surface area contributed by atoms with E-state index in [9.17, 15) is 4.79 Å². The topological polar surface area (TPSA) is 94.8 Å². The van der Waals surface area contributed by atoms with Gasteiger partial charge in [-0.2, -0.15) is 14.9 Å². The maximum atomic E-state index is 12.7. The van der Waals surface area contributed by atoms with Crippen molar-refractivity contribution in [3.63, 3.8) is 0 Å². The molecule has 166 valence electrons. The summed E-state index contributed by atoms with van der Waals surface area (Å²) in [5.41, 5.74) is 4.43. The minimum absolute atomic E-state index is 0.0767. The van der Waals surface area contributed by atoms with Gasteiger partial charge in [0.05, 0.1) is 24.2 Å². The monoisotopic (exact) mass is 440 g/mol. The maximum absolute atomic E-state index is 12.7. The van der Waals surface area contributed by atoms with Gasteiger partial charge in [-0.25, -0.2) is 4.98 Å². The molecule has 0 bridgehead atoms. The molecule has 1 aliphatic rings. The van der Waals surface area contributed by atoms with Crippen molar-refractivity contribution in [2.24, 2.45) is 0 Å². The molecule has 0 unspecified atom stereocenters. The van der Waals surface area contributed by atoms with Gasteiger partial charge in [0, 0.05) is 23.5 Å². The fourth-order valence-corrected chi connectivity index (χ4v) is 4.12. The van der Waals surface area contributed by atoms with Crippen LogP contribution in [-0.2, 0) is 4.79 Å². The molecule has 5 rings (SSSR count). The number of ether oxygens (including phenoxy) is 1. The van der Waals surface area contributed by atoms with Gasteiger partial charge in [-0.15, -0.1) is 5.10 Å². The van der Waals surface area contributed by atoms with Crippen LogP contribution in [0.3, 0.4) is 0 Å². The molecule has 0 radical (unpaired) electrons. The molecule has 1 amide bonds. The minimum atomic E-state index is -0.118. The SMILES string of the molecule is CCCOc1ccc([C@@H]2CC(=O)Nc3c2c(C)nn3-c2nncc(-c3ccccc3)n2)cc1. The predicted molar refractivity (Wildman–Crippen MR) is 124 cm³/mol. The largest absolute Gasteiger partial charge is 0.494 e. The Morgan fingerprint density at radius 3 is 2.67 bits per heavy atom. The molecule has 2 aromatic carbocycles. The van der Waals surface area contributed by atoms with Crippen LogP contribution in [0.4, 0.5) is 5.82 Å². The first-order valence-electron chi connectivity index (χ1n) is 11.0. The normalized spacial score (nSPS) is 15.1. The van der Waals surface area contributed by atoms with E-state index in [1.807, 2.05) is 61.5 Å². The lowest BCUT2D eigenvalue weighted by Gasteiger charge is -2.24. The maximum Gasteiger partial charge on any atom is 0.272 e. The van der Waals surface area contributed by atoms with Crippen molar-refractivity contribution in [1.29, 1.82) is 0 Å². The lowest BCUT2D eigenvalue weighted by molar-refractivity contribution is -0.116. The molecule has 0 aliphatic carbocycles. The standard InChI is InChI=1S/C25H24N6O2/c1-3-13-33-19-11-9-17(10-12-19)20-14-22(32)28-24-23(20)16(2)30-31(24)25-27-21(15-26-29-25)18-7-5-4-6-8-18/h4-12,15,20H,3,13-14H2,1-2H3,(H,28,32)/t20-/m0/s1. The molecule has 0 fully saturated rings. The molecule has 1 N–H and O–H groups in total. The highest BCUT2D eigenvalue weighted by molar-refractivity contribution is 5.95. The van der Waals surface area contributed by atoms with Crippen LogP contribution in [0.2, 0.25) is 0 Å². The lowest BCUT2D eigenvalue weighted by Crippen LogP contribution is -2.25. The van der Waals surface area contributed by atoms with E-state index in [4.69, 9.17) is 4.74 Å². The first kappa shape index (κ1) is 20.8. The summed E-state index contributed by atoms with van der Waals surface area (Å²) in [6.45, 7) is 4.69.